The molecule has 1 N–H and O–H groups in total. The Morgan fingerprint density at radius 3 is 2.74 bits per heavy atom. The number of likely N-dealkylation sites (N-methyl/N-ethyl adjacent to an activating group) is 1. The quantitative estimate of drug-likeness (QED) is 0.873. The normalized spacial score (nSPS) is 27.3. The molecule has 0 spiro atoms. The predicted molar refractivity (Wildman–Crippen MR) is 107 cm³/mol. The predicted octanol–water partition coefficient (Wildman–Crippen LogP) is 3.55. The molecule has 2 aromatic rings. The van der Waals surface area contributed by atoms with Crippen molar-refractivity contribution in [2.75, 3.05) is 27.2 Å². The average molecular weight is 368 g/mol. The summed E-state index contributed by atoms with van der Waals surface area (Å²) in [4.78, 5) is 2.50. The Morgan fingerprint density at radius 1 is 1.22 bits per heavy atom. The van der Waals surface area contributed by atoms with Crippen molar-refractivity contribution in [3.05, 3.63) is 65.0 Å². The van der Waals surface area contributed by atoms with Gasteiger partial charge in [-0.05, 0) is 80.4 Å². The van der Waals surface area contributed by atoms with Gasteiger partial charge in [0.1, 0.15) is 11.6 Å². The van der Waals surface area contributed by atoms with Crippen LogP contribution in [0.2, 0.25) is 0 Å². The number of fused-ring (bicyclic) bond motifs is 4. The molecule has 2 aromatic carbocycles. The Bertz CT molecular complexity index is 807. The summed E-state index contributed by atoms with van der Waals surface area (Å²) in [5.41, 5.74) is 4.16. The van der Waals surface area contributed by atoms with Gasteiger partial charge in [0.2, 0.25) is 0 Å². The van der Waals surface area contributed by atoms with Crippen LogP contribution in [0, 0.1) is 5.82 Å². The lowest BCUT2D eigenvalue weighted by Crippen LogP contribution is -2.66. The van der Waals surface area contributed by atoms with Crippen molar-refractivity contribution < 1.29 is 9.13 Å². The topological polar surface area (TPSA) is 24.5 Å². The van der Waals surface area contributed by atoms with Crippen LogP contribution in [0.3, 0.4) is 0 Å². The lowest BCUT2D eigenvalue weighted by Gasteiger charge is -2.55. The number of piperidine rings is 1. The molecule has 3 nitrogen and oxygen atoms in total. The van der Waals surface area contributed by atoms with Crippen molar-refractivity contribution >= 4 is 0 Å². The Morgan fingerprint density at radius 2 is 2.00 bits per heavy atom. The summed E-state index contributed by atoms with van der Waals surface area (Å²) in [6.45, 7) is 4.42. The molecule has 1 aliphatic carbocycles. The smallest absolute Gasteiger partial charge is 0.123 e. The number of nitrogens with one attached hydrogen (secondary N) is 1. The third-order valence-corrected chi connectivity index (χ3v) is 6.67. The largest absolute Gasteiger partial charge is 0.497 e. The van der Waals surface area contributed by atoms with E-state index in [-0.39, 0.29) is 11.2 Å². The summed E-state index contributed by atoms with van der Waals surface area (Å²) in [5, 5.41) is 3.86. The first-order valence-corrected chi connectivity index (χ1v) is 9.87. The second-order valence-corrected chi connectivity index (χ2v) is 8.25. The summed E-state index contributed by atoms with van der Waals surface area (Å²) >= 11 is 0. The van der Waals surface area contributed by atoms with Gasteiger partial charge in [-0.2, -0.15) is 0 Å². The molecule has 1 aliphatic heterocycles. The van der Waals surface area contributed by atoms with Gasteiger partial charge in [0, 0.05) is 17.5 Å². The van der Waals surface area contributed by atoms with Crippen molar-refractivity contribution in [3.8, 4) is 5.75 Å². The molecule has 2 aliphatic rings. The highest BCUT2D eigenvalue weighted by Crippen LogP contribution is 2.45. The number of benzene rings is 2. The molecular formula is C23H29FN2O. The molecule has 1 fully saturated rings. The first-order valence-electron chi connectivity index (χ1n) is 9.87. The maximum atomic E-state index is 13.1. The van der Waals surface area contributed by atoms with Crippen LogP contribution in [0.1, 0.15) is 30.0 Å². The van der Waals surface area contributed by atoms with Crippen LogP contribution >= 0.6 is 0 Å². The number of methoxy groups -OCH3 is 1. The van der Waals surface area contributed by atoms with Gasteiger partial charge < -0.3 is 15.0 Å². The van der Waals surface area contributed by atoms with Gasteiger partial charge in [-0.25, -0.2) is 4.39 Å². The number of hydrogen-bond acceptors (Lipinski definition) is 3. The highest BCUT2D eigenvalue weighted by Gasteiger charge is 2.49. The van der Waals surface area contributed by atoms with Crippen LogP contribution in [0.5, 0.6) is 5.75 Å². The summed E-state index contributed by atoms with van der Waals surface area (Å²) < 4.78 is 18.6. The van der Waals surface area contributed by atoms with E-state index < -0.39 is 0 Å². The van der Waals surface area contributed by atoms with Gasteiger partial charge in [-0.1, -0.05) is 25.1 Å². The molecular weight excluding hydrogens is 339 g/mol. The number of nitrogens with zero attached hydrogens (tertiary/aromatic N) is 1. The van der Waals surface area contributed by atoms with Crippen LogP contribution in [0.25, 0.3) is 0 Å². The molecule has 0 aromatic heterocycles. The van der Waals surface area contributed by atoms with Gasteiger partial charge in [-0.15, -0.1) is 0 Å². The van der Waals surface area contributed by atoms with Crippen molar-refractivity contribution in [2.24, 2.45) is 0 Å². The standard InChI is InChI=1S/C23H29FN2O/c1-23-11-13-26(2)21(14-17-6-9-19(27-3)15-20(17)23)22(23)25-12-10-16-4-7-18(24)8-5-16/h4-9,15,21-22,25H,10-14H2,1-3H3/t21-,22?,23-/m1/s1. The second-order valence-electron chi connectivity index (χ2n) is 8.25. The van der Waals surface area contributed by atoms with Crippen molar-refractivity contribution in [2.45, 2.75) is 43.7 Å². The first kappa shape index (κ1) is 18.5. The zero-order valence-corrected chi connectivity index (χ0v) is 16.5. The average Bonchev–Trinajstić information content (AvgIpc) is 2.68. The summed E-state index contributed by atoms with van der Waals surface area (Å²) in [7, 11) is 3.98. The van der Waals surface area contributed by atoms with E-state index in [1.807, 2.05) is 12.1 Å². The van der Waals surface area contributed by atoms with Crippen molar-refractivity contribution in [3.63, 3.8) is 0 Å². The van der Waals surface area contributed by atoms with Gasteiger partial charge in [0.15, 0.2) is 0 Å². The zero-order valence-electron chi connectivity index (χ0n) is 16.5. The third-order valence-electron chi connectivity index (χ3n) is 6.67. The van der Waals surface area contributed by atoms with Gasteiger partial charge in [0.05, 0.1) is 7.11 Å². The Kier molecular flexibility index (Phi) is 4.95. The van der Waals surface area contributed by atoms with Crippen LogP contribution in [-0.2, 0) is 18.3 Å². The fourth-order valence-corrected chi connectivity index (χ4v) is 4.99. The minimum atomic E-state index is -0.173. The highest BCUT2D eigenvalue weighted by molar-refractivity contribution is 5.45. The molecule has 27 heavy (non-hydrogen) atoms. The van der Waals surface area contributed by atoms with Gasteiger partial charge in [0.25, 0.3) is 0 Å². The Labute approximate surface area is 161 Å². The lowest BCUT2D eigenvalue weighted by atomic mass is 9.61. The molecule has 2 bridgehead atoms. The van der Waals surface area contributed by atoms with E-state index in [1.165, 1.54) is 16.7 Å². The molecule has 144 valence electrons. The van der Waals surface area contributed by atoms with Gasteiger partial charge in [-0.3, -0.25) is 0 Å². The van der Waals surface area contributed by atoms with E-state index in [9.17, 15) is 4.39 Å². The van der Waals surface area contributed by atoms with Crippen LogP contribution < -0.4 is 10.1 Å². The fraction of sp³-hybridized carbons (Fsp3) is 0.478. The molecule has 0 radical (unpaired) electrons. The molecule has 1 saturated heterocycles. The monoisotopic (exact) mass is 368 g/mol. The number of likely N-dealkylation sites (tertiary alicyclic amines) is 1. The third kappa shape index (κ3) is 3.37. The van der Waals surface area contributed by atoms with Crippen LogP contribution in [0.15, 0.2) is 42.5 Å². The second kappa shape index (κ2) is 7.25. The molecule has 1 unspecified atom stereocenters. The van der Waals surface area contributed by atoms with Gasteiger partial charge >= 0.3 is 0 Å². The molecule has 4 rings (SSSR count). The summed E-state index contributed by atoms with van der Waals surface area (Å²) in [5.74, 6) is 0.769. The Balaban J connectivity index is 1.56. The minimum absolute atomic E-state index is 0.0993. The summed E-state index contributed by atoms with van der Waals surface area (Å²) in [6.07, 6.45) is 3.11. The SMILES string of the molecule is COc1ccc2c(c1)[C@@]1(C)CCN(C)[C@H](C2)C1NCCc1ccc(F)cc1. The number of halogens is 1. The maximum Gasteiger partial charge on any atom is 0.123 e. The number of ether oxygens (including phenoxy) is 1. The fourth-order valence-electron chi connectivity index (χ4n) is 4.99. The van der Waals surface area contributed by atoms with E-state index in [4.69, 9.17) is 4.74 Å². The molecule has 4 heteroatoms. The highest BCUT2D eigenvalue weighted by atomic mass is 19.1. The molecule has 0 amide bonds. The summed E-state index contributed by atoms with van der Waals surface area (Å²) in [6, 6.07) is 14.3. The van der Waals surface area contributed by atoms with E-state index in [0.29, 0.717) is 12.1 Å². The Hall–Kier alpha value is -1.91. The van der Waals surface area contributed by atoms with E-state index in [0.717, 1.165) is 38.1 Å². The maximum absolute atomic E-state index is 13.1. The molecule has 1 heterocycles. The van der Waals surface area contributed by atoms with E-state index in [2.05, 4.69) is 42.4 Å². The number of hydrogen-bond donors (Lipinski definition) is 1. The first-order chi connectivity index (χ1) is 13.0. The molecule has 0 saturated carbocycles. The molecule has 3 atom stereocenters. The van der Waals surface area contributed by atoms with Crippen molar-refractivity contribution in [1.82, 2.24) is 10.2 Å². The minimum Gasteiger partial charge on any atom is -0.497 e. The number of rotatable bonds is 5. The lowest BCUT2D eigenvalue weighted by molar-refractivity contribution is 0.0663. The van der Waals surface area contributed by atoms with E-state index in [1.54, 1.807) is 19.2 Å². The van der Waals surface area contributed by atoms with Crippen LogP contribution in [0.4, 0.5) is 4.39 Å². The van der Waals surface area contributed by atoms with Crippen molar-refractivity contribution in [1.29, 1.82) is 0 Å². The zero-order chi connectivity index (χ0) is 19.0. The van der Waals surface area contributed by atoms with E-state index >= 15 is 0 Å². The van der Waals surface area contributed by atoms with Crippen LogP contribution in [-0.4, -0.2) is 44.2 Å².